The van der Waals surface area contributed by atoms with E-state index in [0.717, 1.165) is 22.1 Å². The molecule has 4 heteroatoms. The standard InChI is InChI=1S/C14H13N2O.ClH/c17-10-9-16-13-7-3-1-5-11(13)15-12-6-2-4-8-14(12)16;/h1-8,17H,9-10H2;1H/q+1;/p-1. The summed E-state index contributed by atoms with van der Waals surface area (Å²) in [6.45, 7) is 0.714. The van der Waals surface area contributed by atoms with E-state index in [0.29, 0.717) is 6.54 Å². The lowest BCUT2D eigenvalue weighted by Crippen LogP contribution is -3.00. The minimum atomic E-state index is 0. The molecule has 0 saturated carbocycles. The molecular formula is C14H13ClN2O. The second kappa shape index (κ2) is 5.29. The van der Waals surface area contributed by atoms with Crippen molar-refractivity contribution < 1.29 is 22.1 Å². The quantitative estimate of drug-likeness (QED) is 0.458. The summed E-state index contributed by atoms with van der Waals surface area (Å²) in [6.07, 6.45) is 0. The van der Waals surface area contributed by atoms with Crippen LogP contribution >= 0.6 is 0 Å². The van der Waals surface area contributed by atoms with E-state index in [1.54, 1.807) is 0 Å². The molecule has 0 unspecified atom stereocenters. The van der Waals surface area contributed by atoms with E-state index >= 15 is 0 Å². The zero-order chi connectivity index (χ0) is 11.7. The molecule has 0 bridgehead atoms. The Morgan fingerprint density at radius 3 is 1.89 bits per heavy atom. The zero-order valence-corrected chi connectivity index (χ0v) is 10.5. The highest BCUT2D eigenvalue weighted by atomic mass is 35.5. The Kier molecular flexibility index (Phi) is 3.75. The summed E-state index contributed by atoms with van der Waals surface area (Å²) < 4.78 is 2.11. The molecule has 3 rings (SSSR count). The maximum atomic E-state index is 9.20. The molecule has 0 aliphatic carbocycles. The lowest BCUT2D eigenvalue weighted by molar-refractivity contribution is -0.647. The van der Waals surface area contributed by atoms with Gasteiger partial charge in [-0.2, -0.15) is 4.57 Å². The largest absolute Gasteiger partial charge is 1.00 e. The SMILES string of the molecule is OCC[n+]1c2ccccc2nc2ccccc21.[Cl-]. The number of benzene rings is 2. The Hall–Kier alpha value is -1.71. The highest BCUT2D eigenvalue weighted by Gasteiger charge is 2.14. The molecule has 0 amide bonds. The second-order valence-electron chi connectivity index (χ2n) is 3.96. The lowest BCUT2D eigenvalue weighted by atomic mass is 10.2. The van der Waals surface area contributed by atoms with Gasteiger partial charge in [0.05, 0.1) is 0 Å². The molecule has 3 aromatic rings. The first-order valence-corrected chi connectivity index (χ1v) is 5.68. The van der Waals surface area contributed by atoms with Gasteiger partial charge in [-0.1, -0.05) is 24.3 Å². The number of fused-ring (bicyclic) bond motifs is 2. The second-order valence-corrected chi connectivity index (χ2v) is 3.96. The number of hydrogen-bond acceptors (Lipinski definition) is 2. The van der Waals surface area contributed by atoms with Gasteiger partial charge in [-0.25, -0.2) is 4.98 Å². The van der Waals surface area contributed by atoms with E-state index in [4.69, 9.17) is 0 Å². The normalized spacial score (nSPS) is 10.5. The molecule has 1 aromatic heterocycles. The van der Waals surface area contributed by atoms with Crippen LogP contribution in [-0.2, 0) is 6.54 Å². The Morgan fingerprint density at radius 2 is 1.39 bits per heavy atom. The summed E-state index contributed by atoms with van der Waals surface area (Å²) in [5.41, 5.74) is 4.03. The van der Waals surface area contributed by atoms with E-state index in [9.17, 15) is 5.11 Å². The number of aliphatic hydroxyl groups is 1. The molecule has 0 aliphatic rings. The molecule has 0 aliphatic heterocycles. The number of rotatable bonds is 2. The topological polar surface area (TPSA) is 37.0 Å². The van der Waals surface area contributed by atoms with Crippen LogP contribution in [0.3, 0.4) is 0 Å². The molecule has 18 heavy (non-hydrogen) atoms. The number of halogens is 1. The van der Waals surface area contributed by atoms with Crippen molar-refractivity contribution in [1.82, 2.24) is 4.98 Å². The predicted molar refractivity (Wildman–Crippen MR) is 66.5 cm³/mol. The molecule has 3 nitrogen and oxygen atoms in total. The third-order valence-electron chi connectivity index (χ3n) is 2.91. The van der Waals surface area contributed by atoms with Gasteiger partial charge in [0.1, 0.15) is 17.6 Å². The zero-order valence-electron chi connectivity index (χ0n) is 9.75. The predicted octanol–water partition coefficient (Wildman–Crippen LogP) is -1.33. The van der Waals surface area contributed by atoms with Crippen LogP contribution in [0.2, 0.25) is 0 Å². The molecule has 92 valence electrons. The van der Waals surface area contributed by atoms with E-state index in [1.807, 2.05) is 48.5 Å². The minimum absolute atomic E-state index is 0. The molecule has 2 aromatic carbocycles. The molecule has 0 atom stereocenters. The van der Waals surface area contributed by atoms with E-state index in [-0.39, 0.29) is 19.0 Å². The van der Waals surface area contributed by atoms with Gasteiger partial charge in [0.15, 0.2) is 6.54 Å². The van der Waals surface area contributed by atoms with Crippen molar-refractivity contribution in [3.8, 4) is 0 Å². The van der Waals surface area contributed by atoms with Gasteiger partial charge in [-0.3, -0.25) is 0 Å². The third-order valence-corrected chi connectivity index (χ3v) is 2.91. The first-order valence-electron chi connectivity index (χ1n) is 5.68. The van der Waals surface area contributed by atoms with Crippen LogP contribution < -0.4 is 17.0 Å². The average Bonchev–Trinajstić information content (AvgIpc) is 2.39. The van der Waals surface area contributed by atoms with Crippen LogP contribution in [0.1, 0.15) is 0 Å². The first kappa shape index (κ1) is 12.7. The highest BCUT2D eigenvalue weighted by molar-refractivity contribution is 5.81. The summed E-state index contributed by atoms with van der Waals surface area (Å²) in [5, 5.41) is 9.20. The number of nitrogens with zero attached hydrogens (tertiary/aromatic N) is 2. The molecule has 0 fully saturated rings. The fourth-order valence-electron chi connectivity index (χ4n) is 2.17. The summed E-state index contributed by atoms with van der Waals surface area (Å²) in [7, 11) is 0. The monoisotopic (exact) mass is 260 g/mol. The number of para-hydroxylation sites is 4. The van der Waals surface area contributed by atoms with Gasteiger partial charge in [0.25, 0.3) is 0 Å². The van der Waals surface area contributed by atoms with Crippen molar-refractivity contribution in [3.63, 3.8) is 0 Å². The van der Waals surface area contributed by atoms with Crippen LogP contribution in [0.4, 0.5) is 0 Å². The van der Waals surface area contributed by atoms with Crippen molar-refractivity contribution in [3.05, 3.63) is 48.5 Å². The third kappa shape index (κ3) is 2.03. The maximum Gasteiger partial charge on any atom is 0.231 e. The molecule has 1 N–H and O–H groups in total. The lowest BCUT2D eigenvalue weighted by Gasteiger charge is -2.03. The van der Waals surface area contributed by atoms with Gasteiger partial charge >= 0.3 is 0 Å². The molecule has 0 spiro atoms. The molecule has 0 radical (unpaired) electrons. The number of aliphatic hydroxyl groups excluding tert-OH is 1. The summed E-state index contributed by atoms with van der Waals surface area (Å²) >= 11 is 0. The van der Waals surface area contributed by atoms with Gasteiger partial charge in [-0.15, -0.1) is 0 Å². The average molecular weight is 261 g/mol. The van der Waals surface area contributed by atoms with Crippen LogP contribution in [0.25, 0.3) is 22.1 Å². The fraction of sp³-hybridized carbons (Fsp3) is 0.143. The Morgan fingerprint density at radius 1 is 0.889 bits per heavy atom. The summed E-state index contributed by atoms with van der Waals surface area (Å²) in [4.78, 5) is 4.62. The van der Waals surface area contributed by atoms with Gasteiger partial charge in [0.2, 0.25) is 11.0 Å². The molecule has 0 saturated heterocycles. The van der Waals surface area contributed by atoms with Crippen LogP contribution in [0, 0.1) is 0 Å². The number of hydrogen-bond donors (Lipinski definition) is 1. The number of aromatic nitrogens is 2. The van der Waals surface area contributed by atoms with Crippen molar-refractivity contribution >= 4 is 22.1 Å². The summed E-state index contributed by atoms with van der Waals surface area (Å²) in [5.74, 6) is 0. The summed E-state index contributed by atoms with van der Waals surface area (Å²) in [6, 6.07) is 16.0. The van der Waals surface area contributed by atoms with Crippen molar-refractivity contribution in [1.29, 1.82) is 0 Å². The van der Waals surface area contributed by atoms with Gasteiger partial charge in [-0.05, 0) is 12.1 Å². The van der Waals surface area contributed by atoms with Crippen LogP contribution in [0.5, 0.6) is 0 Å². The van der Waals surface area contributed by atoms with E-state index in [1.165, 1.54) is 0 Å². The Bertz CT molecular complexity index is 631. The molecular weight excluding hydrogens is 248 g/mol. The van der Waals surface area contributed by atoms with E-state index in [2.05, 4.69) is 9.55 Å². The van der Waals surface area contributed by atoms with Gasteiger partial charge in [0, 0.05) is 12.1 Å². The van der Waals surface area contributed by atoms with Gasteiger partial charge < -0.3 is 17.5 Å². The smallest absolute Gasteiger partial charge is 0.231 e. The fourth-order valence-corrected chi connectivity index (χ4v) is 2.17. The van der Waals surface area contributed by atoms with E-state index < -0.39 is 0 Å². The molecule has 1 heterocycles. The van der Waals surface area contributed by atoms with Crippen molar-refractivity contribution in [2.24, 2.45) is 0 Å². The first-order chi connectivity index (χ1) is 8.40. The Balaban J connectivity index is 0.00000120. The minimum Gasteiger partial charge on any atom is -1.00 e. The van der Waals surface area contributed by atoms with Crippen LogP contribution in [0.15, 0.2) is 48.5 Å². The van der Waals surface area contributed by atoms with Crippen LogP contribution in [-0.4, -0.2) is 16.7 Å². The maximum absolute atomic E-state index is 9.20. The van der Waals surface area contributed by atoms with Crippen molar-refractivity contribution in [2.45, 2.75) is 6.54 Å². The Labute approximate surface area is 111 Å². The highest BCUT2D eigenvalue weighted by Crippen LogP contribution is 2.13. The van der Waals surface area contributed by atoms with Crippen molar-refractivity contribution in [2.75, 3.05) is 6.61 Å².